The summed E-state index contributed by atoms with van der Waals surface area (Å²) in [7, 11) is 0. The number of phenolic OH excluding ortho intramolecular Hbond substituents is 1. The lowest BCUT2D eigenvalue weighted by Gasteiger charge is -2.28. The number of aromatic hydroxyl groups is 1. The van der Waals surface area contributed by atoms with Crippen LogP contribution in [0.2, 0.25) is 0 Å². The van der Waals surface area contributed by atoms with Gasteiger partial charge in [0.1, 0.15) is 0 Å². The van der Waals surface area contributed by atoms with Crippen LogP contribution < -0.4 is 4.74 Å². The average Bonchev–Trinajstić information content (AvgIpc) is 2.32. The van der Waals surface area contributed by atoms with Crippen molar-refractivity contribution in [3.05, 3.63) is 24.3 Å². The highest BCUT2D eigenvalue weighted by Gasteiger charge is 2.23. The van der Waals surface area contributed by atoms with E-state index in [4.69, 9.17) is 9.84 Å². The van der Waals surface area contributed by atoms with E-state index in [9.17, 15) is 5.11 Å². The largest absolute Gasteiger partial charge is 0.504 e. The molecule has 2 unspecified atom stereocenters. The summed E-state index contributed by atoms with van der Waals surface area (Å²) < 4.78 is 5.76. The lowest BCUT2D eigenvalue weighted by molar-refractivity contribution is 0.0905. The Balaban J connectivity index is 1.97. The fourth-order valence-electron chi connectivity index (χ4n) is 2.25. The molecular formula is C13H18O3. The highest BCUT2D eigenvalue weighted by molar-refractivity contribution is 5.38. The van der Waals surface area contributed by atoms with Gasteiger partial charge >= 0.3 is 0 Å². The van der Waals surface area contributed by atoms with Crippen molar-refractivity contribution in [2.24, 2.45) is 5.92 Å². The van der Waals surface area contributed by atoms with Crippen LogP contribution in [0.4, 0.5) is 0 Å². The van der Waals surface area contributed by atoms with Crippen molar-refractivity contribution >= 4 is 0 Å². The SMILES string of the molecule is OCC1CCCC(Oc2ccccc2O)C1. The third-order valence-corrected chi connectivity index (χ3v) is 3.15. The van der Waals surface area contributed by atoms with Crippen molar-refractivity contribution < 1.29 is 14.9 Å². The molecule has 0 aliphatic heterocycles. The monoisotopic (exact) mass is 222 g/mol. The van der Waals surface area contributed by atoms with Crippen LogP contribution in [0.15, 0.2) is 24.3 Å². The third kappa shape index (κ3) is 2.67. The summed E-state index contributed by atoms with van der Waals surface area (Å²) in [6, 6.07) is 7.03. The second-order valence-electron chi connectivity index (χ2n) is 4.42. The summed E-state index contributed by atoms with van der Waals surface area (Å²) in [5.74, 6) is 1.09. The first kappa shape index (κ1) is 11.3. The van der Waals surface area contributed by atoms with E-state index in [2.05, 4.69) is 0 Å². The van der Waals surface area contributed by atoms with Crippen molar-refractivity contribution in [3.63, 3.8) is 0 Å². The zero-order valence-electron chi connectivity index (χ0n) is 9.30. The molecular weight excluding hydrogens is 204 g/mol. The molecule has 1 aromatic carbocycles. The van der Waals surface area contributed by atoms with Crippen LogP contribution >= 0.6 is 0 Å². The van der Waals surface area contributed by atoms with Crippen LogP contribution in [-0.4, -0.2) is 22.9 Å². The number of aliphatic hydroxyl groups excluding tert-OH is 1. The first-order valence-corrected chi connectivity index (χ1v) is 5.85. The number of ether oxygens (including phenoxy) is 1. The number of phenols is 1. The Morgan fingerprint density at radius 1 is 1.25 bits per heavy atom. The van der Waals surface area contributed by atoms with E-state index < -0.39 is 0 Å². The van der Waals surface area contributed by atoms with Gasteiger partial charge in [-0.2, -0.15) is 0 Å². The second-order valence-corrected chi connectivity index (χ2v) is 4.42. The standard InChI is InChI=1S/C13H18O3/c14-9-10-4-3-5-11(8-10)16-13-7-2-1-6-12(13)15/h1-2,6-7,10-11,14-15H,3-5,8-9H2. The van der Waals surface area contributed by atoms with E-state index in [-0.39, 0.29) is 18.5 Å². The van der Waals surface area contributed by atoms with E-state index >= 15 is 0 Å². The molecule has 1 aliphatic rings. The molecule has 0 saturated heterocycles. The molecule has 16 heavy (non-hydrogen) atoms. The van der Waals surface area contributed by atoms with Crippen LogP contribution in [0.1, 0.15) is 25.7 Å². The topological polar surface area (TPSA) is 49.7 Å². The Morgan fingerprint density at radius 2 is 2.06 bits per heavy atom. The first-order chi connectivity index (χ1) is 7.79. The Bertz CT molecular complexity index is 338. The fraction of sp³-hybridized carbons (Fsp3) is 0.538. The molecule has 1 aromatic rings. The number of hydrogen-bond acceptors (Lipinski definition) is 3. The number of benzene rings is 1. The minimum Gasteiger partial charge on any atom is -0.504 e. The molecule has 0 bridgehead atoms. The zero-order chi connectivity index (χ0) is 11.4. The summed E-state index contributed by atoms with van der Waals surface area (Å²) in [6.07, 6.45) is 4.18. The van der Waals surface area contributed by atoms with Gasteiger partial charge in [0.2, 0.25) is 0 Å². The Labute approximate surface area is 95.7 Å². The van der Waals surface area contributed by atoms with Gasteiger partial charge in [-0.05, 0) is 43.7 Å². The molecule has 3 nitrogen and oxygen atoms in total. The lowest BCUT2D eigenvalue weighted by atomic mass is 9.88. The molecule has 88 valence electrons. The predicted molar refractivity (Wildman–Crippen MR) is 61.6 cm³/mol. The zero-order valence-corrected chi connectivity index (χ0v) is 9.30. The van der Waals surface area contributed by atoms with Gasteiger partial charge < -0.3 is 14.9 Å². The molecule has 0 aromatic heterocycles. The first-order valence-electron chi connectivity index (χ1n) is 5.85. The van der Waals surface area contributed by atoms with Crippen LogP contribution in [0.5, 0.6) is 11.5 Å². The molecule has 2 atom stereocenters. The molecule has 0 spiro atoms. The van der Waals surface area contributed by atoms with Gasteiger partial charge in [0, 0.05) is 6.61 Å². The smallest absolute Gasteiger partial charge is 0.161 e. The molecule has 3 heteroatoms. The van der Waals surface area contributed by atoms with E-state index in [0.717, 1.165) is 25.7 Å². The summed E-state index contributed by atoms with van der Waals surface area (Å²) in [5, 5.41) is 18.7. The van der Waals surface area contributed by atoms with E-state index in [1.54, 1.807) is 18.2 Å². The molecule has 2 rings (SSSR count). The van der Waals surface area contributed by atoms with Crippen molar-refractivity contribution in [2.75, 3.05) is 6.61 Å². The summed E-state index contributed by atoms with van der Waals surface area (Å²) in [6.45, 7) is 0.237. The quantitative estimate of drug-likeness (QED) is 0.825. The summed E-state index contributed by atoms with van der Waals surface area (Å²) >= 11 is 0. The predicted octanol–water partition coefficient (Wildman–Crippen LogP) is 2.32. The maximum absolute atomic E-state index is 9.59. The van der Waals surface area contributed by atoms with E-state index in [1.807, 2.05) is 6.07 Å². The molecule has 1 aliphatic carbocycles. The minimum atomic E-state index is 0.124. The van der Waals surface area contributed by atoms with E-state index in [0.29, 0.717) is 11.7 Å². The molecule has 1 saturated carbocycles. The fourth-order valence-corrected chi connectivity index (χ4v) is 2.25. The Hall–Kier alpha value is -1.22. The van der Waals surface area contributed by atoms with Crippen LogP contribution in [0, 0.1) is 5.92 Å². The normalized spacial score (nSPS) is 25.3. The van der Waals surface area contributed by atoms with E-state index in [1.165, 1.54) is 0 Å². The van der Waals surface area contributed by atoms with Gasteiger partial charge in [-0.3, -0.25) is 0 Å². The van der Waals surface area contributed by atoms with Crippen molar-refractivity contribution in [1.29, 1.82) is 0 Å². The minimum absolute atomic E-state index is 0.124. The number of aliphatic hydroxyl groups is 1. The van der Waals surface area contributed by atoms with Gasteiger partial charge in [-0.25, -0.2) is 0 Å². The Kier molecular flexibility index (Phi) is 3.67. The number of para-hydroxylation sites is 2. The molecule has 2 N–H and O–H groups in total. The molecule has 0 amide bonds. The lowest BCUT2D eigenvalue weighted by Crippen LogP contribution is -2.27. The third-order valence-electron chi connectivity index (χ3n) is 3.15. The molecule has 1 fully saturated rings. The second kappa shape index (κ2) is 5.21. The highest BCUT2D eigenvalue weighted by atomic mass is 16.5. The van der Waals surface area contributed by atoms with Crippen LogP contribution in [0.25, 0.3) is 0 Å². The maximum atomic E-state index is 9.59. The van der Waals surface area contributed by atoms with Gasteiger partial charge in [-0.1, -0.05) is 12.1 Å². The van der Waals surface area contributed by atoms with Crippen molar-refractivity contribution in [2.45, 2.75) is 31.8 Å². The van der Waals surface area contributed by atoms with Gasteiger partial charge in [0.05, 0.1) is 6.10 Å². The van der Waals surface area contributed by atoms with Crippen LogP contribution in [0.3, 0.4) is 0 Å². The summed E-state index contributed by atoms with van der Waals surface area (Å²) in [5.41, 5.74) is 0. The van der Waals surface area contributed by atoms with Gasteiger partial charge in [0.15, 0.2) is 11.5 Å². The van der Waals surface area contributed by atoms with Crippen molar-refractivity contribution in [1.82, 2.24) is 0 Å². The summed E-state index contributed by atoms with van der Waals surface area (Å²) in [4.78, 5) is 0. The number of rotatable bonds is 3. The molecule has 0 heterocycles. The van der Waals surface area contributed by atoms with Crippen LogP contribution in [-0.2, 0) is 0 Å². The van der Waals surface area contributed by atoms with Crippen molar-refractivity contribution in [3.8, 4) is 11.5 Å². The highest BCUT2D eigenvalue weighted by Crippen LogP contribution is 2.31. The Morgan fingerprint density at radius 3 is 2.81 bits per heavy atom. The maximum Gasteiger partial charge on any atom is 0.161 e. The molecule has 0 radical (unpaired) electrons. The van der Waals surface area contributed by atoms with Gasteiger partial charge in [-0.15, -0.1) is 0 Å². The average molecular weight is 222 g/mol. The van der Waals surface area contributed by atoms with Gasteiger partial charge in [0.25, 0.3) is 0 Å². The number of hydrogen-bond donors (Lipinski definition) is 2.